The number of rotatable bonds is 4. The molecule has 106 valence electrons. The second kappa shape index (κ2) is 5.91. The molecule has 0 bridgehead atoms. The Morgan fingerprint density at radius 2 is 2.15 bits per heavy atom. The zero-order valence-electron chi connectivity index (χ0n) is 11.9. The average Bonchev–Trinajstić information content (AvgIpc) is 2.88. The van der Waals surface area contributed by atoms with Gasteiger partial charge >= 0.3 is 5.97 Å². The van der Waals surface area contributed by atoms with Gasteiger partial charge in [-0.2, -0.15) is 5.26 Å². The van der Waals surface area contributed by atoms with E-state index in [-0.39, 0.29) is 12.6 Å². The third kappa shape index (κ3) is 2.90. The third-order valence-electron chi connectivity index (χ3n) is 3.78. The van der Waals surface area contributed by atoms with Crippen LogP contribution >= 0.6 is 0 Å². The molecule has 0 amide bonds. The summed E-state index contributed by atoms with van der Waals surface area (Å²) >= 11 is 0. The molecule has 1 heterocycles. The SMILES string of the molecule is Cc1cc(C)c(C#N)c(N(CC(=O)O)C2CCCC2)n1. The zero-order valence-corrected chi connectivity index (χ0v) is 11.9. The molecule has 1 aromatic heterocycles. The van der Waals surface area contributed by atoms with Gasteiger partial charge in [-0.1, -0.05) is 12.8 Å². The van der Waals surface area contributed by atoms with Crippen LogP contribution in [-0.4, -0.2) is 28.6 Å². The lowest BCUT2D eigenvalue weighted by Crippen LogP contribution is -2.39. The lowest BCUT2D eigenvalue weighted by Gasteiger charge is -2.29. The summed E-state index contributed by atoms with van der Waals surface area (Å²) in [4.78, 5) is 17.4. The molecule has 1 aromatic rings. The number of nitrogens with zero attached hydrogens (tertiary/aromatic N) is 3. The van der Waals surface area contributed by atoms with E-state index in [9.17, 15) is 10.1 Å². The van der Waals surface area contributed by atoms with Crippen molar-refractivity contribution in [3.8, 4) is 6.07 Å². The lowest BCUT2D eigenvalue weighted by atomic mass is 10.1. The number of aliphatic carboxylic acids is 1. The van der Waals surface area contributed by atoms with Gasteiger partial charge < -0.3 is 10.0 Å². The quantitative estimate of drug-likeness (QED) is 0.911. The lowest BCUT2D eigenvalue weighted by molar-refractivity contribution is -0.135. The molecule has 2 rings (SSSR count). The van der Waals surface area contributed by atoms with E-state index in [1.165, 1.54) is 0 Å². The topological polar surface area (TPSA) is 77.2 Å². The van der Waals surface area contributed by atoms with E-state index in [4.69, 9.17) is 5.11 Å². The first-order valence-corrected chi connectivity index (χ1v) is 6.89. The predicted octanol–water partition coefficient (Wildman–Crippen LogP) is 2.40. The molecule has 1 saturated carbocycles. The van der Waals surface area contributed by atoms with Crippen molar-refractivity contribution in [1.29, 1.82) is 5.26 Å². The summed E-state index contributed by atoms with van der Waals surface area (Å²) < 4.78 is 0. The van der Waals surface area contributed by atoms with E-state index in [1.54, 1.807) is 4.90 Å². The average molecular weight is 273 g/mol. The van der Waals surface area contributed by atoms with Crippen molar-refractivity contribution in [1.82, 2.24) is 4.98 Å². The molecule has 0 radical (unpaired) electrons. The van der Waals surface area contributed by atoms with Crippen molar-refractivity contribution in [2.24, 2.45) is 0 Å². The Hall–Kier alpha value is -2.09. The van der Waals surface area contributed by atoms with Crippen LogP contribution in [0.3, 0.4) is 0 Å². The fraction of sp³-hybridized carbons (Fsp3) is 0.533. The van der Waals surface area contributed by atoms with E-state index < -0.39 is 5.97 Å². The standard InChI is InChI=1S/C15H19N3O2/c1-10-7-11(2)17-15(13(10)8-16)18(9-14(19)20)12-5-3-4-6-12/h7,12H,3-6,9H2,1-2H3,(H,19,20). The largest absolute Gasteiger partial charge is 0.480 e. The maximum Gasteiger partial charge on any atom is 0.323 e. The highest BCUT2D eigenvalue weighted by Crippen LogP contribution is 2.30. The number of hydrogen-bond donors (Lipinski definition) is 1. The zero-order chi connectivity index (χ0) is 14.7. The molecule has 0 spiro atoms. The molecule has 0 saturated heterocycles. The van der Waals surface area contributed by atoms with Crippen molar-refractivity contribution in [2.45, 2.75) is 45.6 Å². The maximum atomic E-state index is 11.2. The number of aromatic nitrogens is 1. The number of nitriles is 1. The van der Waals surface area contributed by atoms with Gasteiger partial charge in [0.05, 0.1) is 5.56 Å². The van der Waals surface area contributed by atoms with Crippen LogP contribution in [0.2, 0.25) is 0 Å². The highest BCUT2D eigenvalue weighted by Gasteiger charge is 2.28. The molecule has 1 N–H and O–H groups in total. The third-order valence-corrected chi connectivity index (χ3v) is 3.78. The summed E-state index contributed by atoms with van der Waals surface area (Å²) in [6.07, 6.45) is 4.14. The Balaban J connectivity index is 2.47. The van der Waals surface area contributed by atoms with Gasteiger partial charge in [0, 0.05) is 11.7 Å². The van der Waals surface area contributed by atoms with E-state index in [1.807, 2.05) is 19.9 Å². The van der Waals surface area contributed by atoms with E-state index in [0.717, 1.165) is 36.9 Å². The summed E-state index contributed by atoms with van der Waals surface area (Å²) in [6, 6.07) is 4.20. The Labute approximate surface area is 118 Å². The second-order valence-electron chi connectivity index (χ2n) is 5.35. The van der Waals surface area contributed by atoms with Crippen LogP contribution in [-0.2, 0) is 4.79 Å². The molecule has 5 heteroatoms. The molecular formula is C15H19N3O2. The Morgan fingerprint density at radius 3 is 2.70 bits per heavy atom. The van der Waals surface area contributed by atoms with Gasteiger partial charge in [0.15, 0.2) is 0 Å². The molecule has 20 heavy (non-hydrogen) atoms. The first-order valence-electron chi connectivity index (χ1n) is 6.89. The normalized spacial score (nSPS) is 15.1. The van der Waals surface area contributed by atoms with Crippen LogP contribution in [0.25, 0.3) is 0 Å². The Kier molecular flexibility index (Phi) is 4.23. The molecule has 1 fully saturated rings. The highest BCUT2D eigenvalue weighted by atomic mass is 16.4. The van der Waals surface area contributed by atoms with E-state index >= 15 is 0 Å². The smallest absolute Gasteiger partial charge is 0.323 e. The molecule has 0 atom stereocenters. The predicted molar refractivity (Wildman–Crippen MR) is 75.7 cm³/mol. The summed E-state index contributed by atoms with van der Waals surface area (Å²) in [5.41, 5.74) is 2.15. The molecule has 1 aliphatic carbocycles. The number of pyridine rings is 1. The minimum Gasteiger partial charge on any atom is -0.480 e. The monoisotopic (exact) mass is 273 g/mol. The fourth-order valence-corrected chi connectivity index (χ4v) is 2.90. The fourth-order valence-electron chi connectivity index (χ4n) is 2.90. The summed E-state index contributed by atoms with van der Waals surface area (Å²) in [6.45, 7) is 3.63. The van der Waals surface area contributed by atoms with Crippen molar-refractivity contribution in [3.63, 3.8) is 0 Å². The molecule has 0 aliphatic heterocycles. The molecule has 1 aliphatic rings. The van der Waals surface area contributed by atoms with Crippen LogP contribution in [0.1, 0.15) is 42.5 Å². The summed E-state index contributed by atoms with van der Waals surface area (Å²) in [5.74, 6) is -0.360. The van der Waals surface area contributed by atoms with Gasteiger partial charge in [0.1, 0.15) is 18.4 Å². The van der Waals surface area contributed by atoms with Gasteiger partial charge in [0.25, 0.3) is 0 Å². The van der Waals surface area contributed by atoms with Gasteiger partial charge in [-0.05, 0) is 38.3 Å². The summed E-state index contributed by atoms with van der Waals surface area (Å²) in [5, 5.41) is 18.5. The van der Waals surface area contributed by atoms with Gasteiger partial charge in [-0.15, -0.1) is 0 Å². The van der Waals surface area contributed by atoms with Gasteiger partial charge in [-0.3, -0.25) is 4.79 Å². The van der Waals surface area contributed by atoms with Crippen LogP contribution in [0.5, 0.6) is 0 Å². The number of anilines is 1. The van der Waals surface area contributed by atoms with Crippen molar-refractivity contribution in [3.05, 3.63) is 22.9 Å². The van der Waals surface area contributed by atoms with Gasteiger partial charge in [-0.25, -0.2) is 4.98 Å². The first kappa shape index (κ1) is 14.3. The van der Waals surface area contributed by atoms with Crippen LogP contribution in [0, 0.1) is 25.2 Å². The molecule has 0 unspecified atom stereocenters. The minimum absolute atomic E-state index is 0.102. The molecule has 5 nitrogen and oxygen atoms in total. The minimum atomic E-state index is -0.887. The van der Waals surface area contributed by atoms with Crippen LogP contribution < -0.4 is 4.90 Å². The number of carbonyl (C=O) groups is 1. The molecule has 0 aromatic carbocycles. The first-order chi connectivity index (χ1) is 9.52. The Morgan fingerprint density at radius 1 is 1.50 bits per heavy atom. The van der Waals surface area contributed by atoms with E-state index in [0.29, 0.717) is 11.4 Å². The second-order valence-corrected chi connectivity index (χ2v) is 5.35. The number of carboxylic acids is 1. The van der Waals surface area contributed by atoms with Crippen molar-refractivity contribution < 1.29 is 9.90 Å². The van der Waals surface area contributed by atoms with Crippen LogP contribution in [0.15, 0.2) is 6.07 Å². The summed E-state index contributed by atoms with van der Waals surface area (Å²) in [7, 11) is 0. The maximum absolute atomic E-state index is 11.2. The number of aryl methyl sites for hydroxylation is 2. The van der Waals surface area contributed by atoms with Crippen molar-refractivity contribution in [2.75, 3.05) is 11.4 Å². The highest BCUT2D eigenvalue weighted by molar-refractivity contribution is 5.75. The number of hydrogen-bond acceptors (Lipinski definition) is 4. The number of carboxylic acid groups (broad SMARTS) is 1. The van der Waals surface area contributed by atoms with Crippen molar-refractivity contribution >= 4 is 11.8 Å². The van der Waals surface area contributed by atoms with Crippen LogP contribution in [0.4, 0.5) is 5.82 Å². The van der Waals surface area contributed by atoms with E-state index in [2.05, 4.69) is 11.1 Å². The Bertz CT molecular complexity index is 557. The van der Waals surface area contributed by atoms with Gasteiger partial charge in [0.2, 0.25) is 0 Å². The molecular weight excluding hydrogens is 254 g/mol.